The third-order valence-corrected chi connectivity index (χ3v) is 6.75. The van der Waals surface area contributed by atoms with E-state index in [0.717, 1.165) is 25.2 Å². The zero-order valence-corrected chi connectivity index (χ0v) is 20.0. The maximum absolute atomic E-state index is 12.8. The molecule has 168 valence electrons. The molecule has 32 heavy (non-hydrogen) atoms. The van der Waals surface area contributed by atoms with Gasteiger partial charge in [0.25, 0.3) is 5.91 Å². The Balaban J connectivity index is 1.29. The number of carbonyl (C=O) groups is 1. The summed E-state index contributed by atoms with van der Waals surface area (Å²) in [5, 5.41) is 1.85. The van der Waals surface area contributed by atoms with Gasteiger partial charge in [-0.3, -0.25) is 9.69 Å². The highest BCUT2D eigenvalue weighted by Crippen LogP contribution is 2.32. The van der Waals surface area contributed by atoms with Crippen LogP contribution in [0.4, 0.5) is 0 Å². The molecule has 2 aromatic carbocycles. The van der Waals surface area contributed by atoms with Crippen molar-refractivity contribution in [3.63, 3.8) is 0 Å². The van der Waals surface area contributed by atoms with Gasteiger partial charge in [-0.2, -0.15) is 0 Å². The lowest BCUT2D eigenvalue weighted by Crippen LogP contribution is -2.48. The van der Waals surface area contributed by atoms with E-state index >= 15 is 0 Å². The summed E-state index contributed by atoms with van der Waals surface area (Å²) in [6, 6.07) is 14.2. The minimum atomic E-state index is -0.133. The summed E-state index contributed by atoms with van der Waals surface area (Å²) in [5.74, 6) is 1.15. The van der Waals surface area contributed by atoms with E-state index in [1.807, 2.05) is 12.1 Å². The van der Waals surface area contributed by atoms with E-state index < -0.39 is 0 Å². The molecule has 5 nitrogen and oxygen atoms in total. The summed E-state index contributed by atoms with van der Waals surface area (Å²) in [5.41, 5.74) is 1.09. The van der Waals surface area contributed by atoms with Crippen molar-refractivity contribution in [1.82, 2.24) is 9.80 Å². The molecule has 0 bridgehead atoms. The van der Waals surface area contributed by atoms with Crippen molar-refractivity contribution in [3.8, 4) is 5.75 Å². The summed E-state index contributed by atoms with van der Waals surface area (Å²) in [6.45, 7) is 3.65. The quantitative estimate of drug-likeness (QED) is 0.381. The van der Waals surface area contributed by atoms with E-state index in [-0.39, 0.29) is 12.5 Å². The third kappa shape index (κ3) is 5.53. The number of amides is 1. The maximum atomic E-state index is 12.8. The van der Waals surface area contributed by atoms with Crippen LogP contribution in [-0.4, -0.2) is 41.9 Å². The van der Waals surface area contributed by atoms with Gasteiger partial charge in [-0.1, -0.05) is 58.5 Å². The maximum Gasteiger partial charge on any atom is 0.289 e. The molecular weight excluding hydrogens is 494 g/mol. The first kappa shape index (κ1) is 23.3. The predicted octanol–water partition coefficient (Wildman–Crippen LogP) is 6.43. The number of furan rings is 1. The van der Waals surface area contributed by atoms with Gasteiger partial charge in [0.2, 0.25) is 0 Å². The molecule has 0 saturated carbocycles. The number of halogens is 4. The molecule has 3 aromatic rings. The molecule has 1 aliphatic rings. The van der Waals surface area contributed by atoms with Gasteiger partial charge in [-0.15, -0.1) is 0 Å². The van der Waals surface area contributed by atoms with Crippen molar-refractivity contribution in [2.45, 2.75) is 13.2 Å². The van der Waals surface area contributed by atoms with Gasteiger partial charge < -0.3 is 14.1 Å². The Hall–Kier alpha value is -1.89. The Morgan fingerprint density at radius 2 is 1.69 bits per heavy atom. The smallest absolute Gasteiger partial charge is 0.289 e. The van der Waals surface area contributed by atoms with Crippen LogP contribution in [-0.2, 0) is 13.2 Å². The Morgan fingerprint density at radius 1 is 0.906 bits per heavy atom. The van der Waals surface area contributed by atoms with Gasteiger partial charge in [0, 0.05) is 32.7 Å². The zero-order valence-electron chi connectivity index (χ0n) is 17.0. The van der Waals surface area contributed by atoms with Crippen LogP contribution in [0, 0.1) is 0 Å². The fourth-order valence-electron chi connectivity index (χ4n) is 3.48. The van der Waals surface area contributed by atoms with Crippen LogP contribution in [0.2, 0.25) is 20.1 Å². The van der Waals surface area contributed by atoms with Crippen LogP contribution in [0.5, 0.6) is 5.75 Å². The molecule has 1 saturated heterocycles. The Morgan fingerprint density at radius 3 is 2.44 bits per heavy atom. The lowest BCUT2D eigenvalue weighted by atomic mass is 10.2. The number of piperazine rings is 1. The molecule has 0 atom stereocenters. The fourth-order valence-corrected chi connectivity index (χ4v) is 4.14. The minimum absolute atomic E-state index is 0.133. The van der Waals surface area contributed by atoms with E-state index in [1.165, 1.54) is 0 Å². The lowest BCUT2D eigenvalue weighted by Gasteiger charge is -2.34. The molecule has 0 spiro atoms. The zero-order chi connectivity index (χ0) is 22.7. The van der Waals surface area contributed by atoms with E-state index in [2.05, 4.69) is 4.90 Å². The molecule has 1 amide bonds. The summed E-state index contributed by atoms with van der Waals surface area (Å²) >= 11 is 24.2. The highest BCUT2D eigenvalue weighted by atomic mass is 35.5. The average Bonchev–Trinajstić information content (AvgIpc) is 3.26. The predicted molar refractivity (Wildman–Crippen MR) is 127 cm³/mol. The molecule has 1 aliphatic heterocycles. The van der Waals surface area contributed by atoms with E-state index in [1.54, 1.807) is 41.3 Å². The van der Waals surface area contributed by atoms with Crippen LogP contribution in [0.15, 0.2) is 52.9 Å². The van der Waals surface area contributed by atoms with Gasteiger partial charge in [0.05, 0.1) is 15.1 Å². The number of hydrogen-bond acceptors (Lipinski definition) is 4. The number of nitrogens with zero attached hydrogens (tertiary/aromatic N) is 2. The highest BCUT2D eigenvalue weighted by Gasteiger charge is 2.24. The van der Waals surface area contributed by atoms with Crippen LogP contribution >= 0.6 is 46.4 Å². The molecule has 1 fully saturated rings. The first-order valence-corrected chi connectivity index (χ1v) is 11.5. The molecular formula is C23H20Cl4N2O3. The molecule has 4 rings (SSSR count). The molecule has 1 aromatic heterocycles. The van der Waals surface area contributed by atoms with Crippen LogP contribution in [0.3, 0.4) is 0 Å². The number of hydrogen-bond donors (Lipinski definition) is 0. The Labute approximate surface area is 206 Å². The molecule has 2 heterocycles. The first-order valence-electron chi connectivity index (χ1n) is 10.0. The van der Waals surface area contributed by atoms with Crippen molar-refractivity contribution in [2.24, 2.45) is 0 Å². The van der Waals surface area contributed by atoms with Crippen molar-refractivity contribution >= 4 is 52.3 Å². The number of benzene rings is 2. The molecule has 0 radical (unpaired) electrons. The van der Waals surface area contributed by atoms with Crippen molar-refractivity contribution in [1.29, 1.82) is 0 Å². The summed E-state index contributed by atoms with van der Waals surface area (Å²) in [6.07, 6.45) is 0. The van der Waals surface area contributed by atoms with Gasteiger partial charge in [0.15, 0.2) is 5.76 Å². The molecule has 0 unspecified atom stereocenters. The average molecular weight is 514 g/mol. The topological polar surface area (TPSA) is 45.9 Å². The van der Waals surface area contributed by atoms with Crippen molar-refractivity contribution in [2.75, 3.05) is 26.2 Å². The standard InChI is InChI=1S/C23H20Cl4N2O3/c24-17-6-4-15(12-19(17)26)13-28-8-10-29(11-9-28)23(30)21-7-5-16(32-21)14-31-20-3-1-2-18(25)22(20)27/h1-7,12H,8-11,13-14H2. The minimum Gasteiger partial charge on any atom is -0.484 e. The second-order valence-corrected chi connectivity index (χ2v) is 9.02. The molecule has 0 N–H and O–H groups in total. The van der Waals surface area contributed by atoms with Gasteiger partial charge >= 0.3 is 0 Å². The van der Waals surface area contributed by atoms with Gasteiger partial charge in [-0.25, -0.2) is 0 Å². The third-order valence-electron chi connectivity index (χ3n) is 5.21. The Kier molecular flexibility index (Phi) is 7.54. The molecule has 9 heteroatoms. The van der Waals surface area contributed by atoms with Gasteiger partial charge in [-0.05, 0) is 42.0 Å². The summed E-state index contributed by atoms with van der Waals surface area (Å²) in [7, 11) is 0. The Bertz CT molecular complexity index is 1110. The largest absolute Gasteiger partial charge is 0.484 e. The monoisotopic (exact) mass is 512 g/mol. The van der Waals surface area contributed by atoms with Crippen LogP contribution in [0.25, 0.3) is 0 Å². The number of carbonyl (C=O) groups excluding carboxylic acids is 1. The van der Waals surface area contributed by atoms with E-state index in [0.29, 0.717) is 50.5 Å². The molecule has 0 aliphatic carbocycles. The summed E-state index contributed by atoms with van der Waals surface area (Å²) in [4.78, 5) is 16.9. The van der Waals surface area contributed by atoms with Crippen molar-refractivity contribution < 1.29 is 13.9 Å². The first-order chi connectivity index (χ1) is 15.4. The second-order valence-electron chi connectivity index (χ2n) is 7.42. The van der Waals surface area contributed by atoms with Gasteiger partial charge in [0.1, 0.15) is 23.1 Å². The van der Waals surface area contributed by atoms with E-state index in [4.69, 9.17) is 55.6 Å². The number of ether oxygens (including phenoxy) is 1. The van der Waals surface area contributed by atoms with Crippen LogP contribution < -0.4 is 4.74 Å². The lowest BCUT2D eigenvalue weighted by molar-refractivity contribution is 0.0594. The second kappa shape index (κ2) is 10.4. The van der Waals surface area contributed by atoms with Crippen LogP contribution in [0.1, 0.15) is 21.9 Å². The van der Waals surface area contributed by atoms with E-state index in [9.17, 15) is 4.79 Å². The highest BCUT2D eigenvalue weighted by molar-refractivity contribution is 6.43. The number of rotatable bonds is 6. The normalized spacial score (nSPS) is 14.6. The van der Waals surface area contributed by atoms with Crippen molar-refractivity contribution in [3.05, 3.63) is 85.7 Å². The SMILES string of the molecule is O=C(c1ccc(COc2cccc(Cl)c2Cl)o1)N1CCN(Cc2ccc(Cl)c(Cl)c2)CC1. The fraction of sp³-hybridized carbons (Fsp3) is 0.261. The summed E-state index contributed by atoms with van der Waals surface area (Å²) < 4.78 is 11.4.